The van der Waals surface area contributed by atoms with Gasteiger partial charge in [0.25, 0.3) is 0 Å². The number of allylic oxidation sites excluding steroid dienone is 3. The molecule has 0 aliphatic rings. The highest BCUT2D eigenvalue weighted by atomic mass is 32.2. The Kier molecular flexibility index (Phi) is 7.32. The molecule has 2 aromatic rings. The fourth-order valence-corrected chi connectivity index (χ4v) is 3.58. The number of sulfone groups is 1. The smallest absolute Gasteiger partial charge is 0.406 e. The summed E-state index contributed by atoms with van der Waals surface area (Å²) in [6, 6.07) is 5.03. The third-order valence-electron chi connectivity index (χ3n) is 4.15. The number of aromatic nitrogens is 2. The summed E-state index contributed by atoms with van der Waals surface area (Å²) in [4.78, 5) is 18.3. The molecule has 0 saturated heterocycles. The number of hydrogen-bond donors (Lipinski definition) is 0. The second kappa shape index (κ2) is 9.38. The zero-order chi connectivity index (χ0) is 23.4. The maximum absolute atomic E-state index is 13.0. The van der Waals surface area contributed by atoms with Crippen molar-refractivity contribution in [1.29, 1.82) is 0 Å². The highest BCUT2D eigenvalue weighted by Crippen LogP contribution is 2.27. The maximum Gasteiger partial charge on any atom is 0.573 e. The highest BCUT2D eigenvalue weighted by molar-refractivity contribution is 7.96. The molecule has 0 aliphatic heterocycles. The number of halogens is 3. The molecule has 0 saturated carbocycles. The molecule has 0 N–H and O–H groups in total. The molecule has 1 aromatic heterocycles. The minimum absolute atomic E-state index is 0.118. The summed E-state index contributed by atoms with van der Waals surface area (Å²) in [6.45, 7) is 1.43. The lowest BCUT2D eigenvalue weighted by atomic mass is 10.1. The Balaban J connectivity index is 2.41. The van der Waals surface area contributed by atoms with Crippen molar-refractivity contribution in [2.24, 2.45) is 7.05 Å². The average Bonchev–Trinajstić information content (AvgIpc) is 3.05. The molecule has 0 atom stereocenters. The molecule has 0 bridgehead atoms. The Morgan fingerprint density at radius 2 is 1.84 bits per heavy atom. The predicted octanol–water partition coefficient (Wildman–Crippen LogP) is 3.56. The Morgan fingerprint density at radius 1 is 1.23 bits per heavy atom. The van der Waals surface area contributed by atoms with Gasteiger partial charge in [-0.15, -0.1) is 13.2 Å². The van der Waals surface area contributed by atoms with E-state index in [9.17, 15) is 26.4 Å². The summed E-state index contributed by atoms with van der Waals surface area (Å²) in [5.41, 5.74) is 0.888. The molecule has 0 spiro atoms. The van der Waals surface area contributed by atoms with Gasteiger partial charge >= 0.3 is 6.36 Å². The van der Waals surface area contributed by atoms with Gasteiger partial charge in [0.05, 0.1) is 17.6 Å². The minimum Gasteiger partial charge on any atom is -0.406 e. The molecule has 0 unspecified atom stereocenters. The van der Waals surface area contributed by atoms with Gasteiger partial charge in [0, 0.05) is 26.7 Å². The van der Waals surface area contributed by atoms with E-state index in [4.69, 9.17) is 0 Å². The molecule has 0 fully saturated rings. The first kappa shape index (κ1) is 24.2. The van der Waals surface area contributed by atoms with Crippen molar-refractivity contribution in [2.45, 2.75) is 13.3 Å². The van der Waals surface area contributed by atoms with Crippen LogP contribution >= 0.6 is 0 Å². The van der Waals surface area contributed by atoms with Gasteiger partial charge in [-0.1, -0.05) is 6.92 Å². The van der Waals surface area contributed by atoms with Gasteiger partial charge in [0.1, 0.15) is 10.7 Å². The van der Waals surface area contributed by atoms with E-state index in [0.29, 0.717) is 11.3 Å². The fraction of sp³-hybridized carbons (Fsp3) is 0.300. The van der Waals surface area contributed by atoms with Crippen LogP contribution in [0.5, 0.6) is 5.75 Å². The van der Waals surface area contributed by atoms with Crippen LogP contribution in [-0.4, -0.2) is 54.9 Å². The minimum atomic E-state index is -4.80. The zero-order valence-electron chi connectivity index (χ0n) is 17.3. The molecule has 0 aliphatic carbocycles. The number of ketones is 1. The topological polar surface area (TPSA) is 81.5 Å². The molecule has 2 rings (SSSR count). The van der Waals surface area contributed by atoms with Gasteiger partial charge in [-0.05, 0) is 42.6 Å². The third kappa shape index (κ3) is 6.20. The normalized spacial score (nSPS) is 12.9. The molecule has 31 heavy (non-hydrogen) atoms. The van der Waals surface area contributed by atoms with Gasteiger partial charge in [-0.25, -0.2) is 13.4 Å². The van der Waals surface area contributed by atoms with Gasteiger partial charge in [-0.2, -0.15) is 0 Å². The largest absolute Gasteiger partial charge is 0.573 e. The van der Waals surface area contributed by atoms with Crippen LogP contribution in [0.1, 0.15) is 17.5 Å². The SMILES string of the molecule is CCS(=O)(=O)/C(=C/C=CN(C)C)C(=O)c1ncc(-c2ccc(OC(F)(F)F)cc2)n1C. The van der Waals surface area contributed by atoms with Crippen LogP contribution in [0.2, 0.25) is 0 Å². The van der Waals surface area contributed by atoms with E-state index in [1.807, 2.05) is 0 Å². The molecule has 0 radical (unpaired) electrons. The number of hydrogen-bond acceptors (Lipinski definition) is 6. The van der Waals surface area contributed by atoms with Gasteiger partial charge in [-0.3, -0.25) is 4.79 Å². The van der Waals surface area contributed by atoms with Crippen LogP contribution < -0.4 is 4.74 Å². The summed E-state index contributed by atoms with van der Waals surface area (Å²) >= 11 is 0. The van der Waals surface area contributed by atoms with Crippen molar-refractivity contribution >= 4 is 15.6 Å². The summed E-state index contributed by atoms with van der Waals surface area (Å²) in [5, 5.41) is 0. The number of rotatable bonds is 8. The first-order valence-corrected chi connectivity index (χ1v) is 10.7. The summed E-state index contributed by atoms with van der Waals surface area (Å²) in [5.74, 6) is -1.55. The Hall–Kier alpha value is -3.08. The Bertz CT molecular complexity index is 1100. The van der Waals surface area contributed by atoms with E-state index in [1.165, 1.54) is 49.0 Å². The van der Waals surface area contributed by atoms with Crippen LogP contribution in [-0.2, 0) is 16.9 Å². The lowest BCUT2D eigenvalue weighted by molar-refractivity contribution is -0.274. The van der Waals surface area contributed by atoms with Gasteiger partial charge in [0.2, 0.25) is 5.78 Å². The van der Waals surface area contributed by atoms with Crippen LogP contribution in [0, 0.1) is 0 Å². The number of Topliss-reactive ketones (excluding diaryl/α,β-unsaturated/α-hetero) is 1. The molecule has 1 aromatic carbocycles. The van der Waals surface area contributed by atoms with Crippen LogP contribution in [0.4, 0.5) is 13.2 Å². The van der Waals surface area contributed by atoms with Crippen molar-refractivity contribution in [2.75, 3.05) is 19.8 Å². The second-order valence-corrected chi connectivity index (χ2v) is 8.91. The van der Waals surface area contributed by atoms with Crippen molar-refractivity contribution in [3.63, 3.8) is 0 Å². The summed E-state index contributed by atoms with van der Waals surface area (Å²) < 4.78 is 67.1. The summed E-state index contributed by atoms with van der Waals surface area (Å²) in [6.07, 6.45) is 0.802. The number of carbonyl (C=O) groups is 1. The number of nitrogens with zero attached hydrogens (tertiary/aromatic N) is 3. The molecular weight excluding hydrogens is 435 g/mol. The number of carbonyl (C=O) groups excluding carboxylic acids is 1. The molecule has 11 heteroatoms. The molecule has 7 nitrogen and oxygen atoms in total. The van der Waals surface area contributed by atoms with Crippen molar-refractivity contribution < 1.29 is 31.1 Å². The highest BCUT2D eigenvalue weighted by Gasteiger charge is 2.31. The lowest BCUT2D eigenvalue weighted by Crippen LogP contribution is -2.19. The number of benzene rings is 1. The quantitative estimate of drug-likeness (QED) is 0.343. The average molecular weight is 457 g/mol. The number of ether oxygens (including phenoxy) is 1. The fourth-order valence-electron chi connectivity index (χ4n) is 2.60. The van der Waals surface area contributed by atoms with E-state index < -0.39 is 26.9 Å². The second-order valence-electron chi connectivity index (χ2n) is 6.67. The number of alkyl halides is 3. The lowest BCUT2D eigenvalue weighted by Gasteiger charge is -2.10. The standard InChI is InChI=1S/C20H22F3N3O4S/c1-5-31(28,29)17(7-6-12-25(2)3)18(27)19-24-13-16(26(19)4)14-8-10-15(11-9-14)30-20(21,22)23/h6-13H,5H2,1-4H3/b12-6?,17-7+. The first-order chi connectivity index (χ1) is 14.4. The van der Waals surface area contributed by atoms with Crippen molar-refractivity contribution in [3.05, 3.63) is 59.5 Å². The molecule has 1 heterocycles. The summed E-state index contributed by atoms with van der Waals surface area (Å²) in [7, 11) is 1.17. The van der Waals surface area contributed by atoms with Crippen molar-refractivity contribution in [1.82, 2.24) is 14.5 Å². The Morgan fingerprint density at radius 3 is 2.35 bits per heavy atom. The third-order valence-corrected chi connectivity index (χ3v) is 5.90. The van der Waals surface area contributed by atoms with E-state index >= 15 is 0 Å². The molecule has 168 valence electrons. The number of imidazole rings is 1. The first-order valence-electron chi connectivity index (χ1n) is 9.06. The van der Waals surface area contributed by atoms with Gasteiger partial charge < -0.3 is 14.2 Å². The van der Waals surface area contributed by atoms with Gasteiger partial charge in [0.15, 0.2) is 15.7 Å². The Labute approximate surface area is 178 Å². The van der Waals surface area contributed by atoms with Crippen LogP contribution in [0.25, 0.3) is 11.3 Å². The van der Waals surface area contributed by atoms with E-state index in [1.54, 1.807) is 25.2 Å². The van der Waals surface area contributed by atoms with E-state index in [-0.39, 0.29) is 17.3 Å². The van der Waals surface area contributed by atoms with Crippen LogP contribution in [0.3, 0.4) is 0 Å². The van der Waals surface area contributed by atoms with E-state index in [2.05, 4.69) is 9.72 Å². The van der Waals surface area contributed by atoms with E-state index in [0.717, 1.165) is 12.1 Å². The monoisotopic (exact) mass is 457 g/mol. The molecular formula is C20H22F3N3O4S. The van der Waals surface area contributed by atoms with Crippen LogP contribution in [0.15, 0.2) is 53.7 Å². The molecule has 0 amide bonds. The van der Waals surface area contributed by atoms with Crippen molar-refractivity contribution in [3.8, 4) is 17.0 Å². The maximum atomic E-state index is 13.0. The zero-order valence-corrected chi connectivity index (χ0v) is 18.2. The predicted molar refractivity (Wildman–Crippen MR) is 110 cm³/mol.